The van der Waals surface area contributed by atoms with E-state index in [9.17, 15) is 4.79 Å². The Balaban J connectivity index is 1.77. The maximum Gasteiger partial charge on any atom is 0.337 e. The summed E-state index contributed by atoms with van der Waals surface area (Å²) >= 11 is 0. The van der Waals surface area contributed by atoms with Crippen molar-refractivity contribution in [1.29, 1.82) is 0 Å². The van der Waals surface area contributed by atoms with Crippen molar-refractivity contribution in [2.24, 2.45) is 0 Å². The van der Waals surface area contributed by atoms with Crippen LogP contribution in [0.5, 0.6) is 0 Å². The van der Waals surface area contributed by atoms with Gasteiger partial charge >= 0.3 is 5.97 Å². The molecule has 0 fully saturated rings. The number of nitrogens with zero attached hydrogens (tertiary/aromatic N) is 3. The highest BCUT2D eigenvalue weighted by atomic mass is 16.5. The molecule has 1 aromatic heterocycles. The topological polar surface area (TPSA) is 47.4 Å². The maximum absolute atomic E-state index is 11.9. The Bertz CT molecular complexity index is 1010. The van der Waals surface area contributed by atoms with Crippen molar-refractivity contribution in [3.05, 3.63) is 76.5 Å². The molecule has 0 saturated carbocycles. The number of aryl methyl sites for hydroxylation is 1. The number of fused-ring (bicyclic) bond motifs is 1. The Labute approximate surface area is 159 Å². The first-order chi connectivity index (χ1) is 13.1. The van der Waals surface area contributed by atoms with Gasteiger partial charge in [-0.05, 0) is 37.2 Å². The molecule has 4 rings (SSSR count). The highest BCUT2D eigenvalue weighted by Crippen LogP contribution is 2.34. The van der Waals surface area contributed by atoms with Gasteiger partial charge < -0.3 is 4.74 Å². The standard InChI is InChI=1S/C22H23N3O2/c1-15-7-4-5-10-18(15)21-19-13-24(2)14-20(19)23-25(21)12-16-8-6-9-17(11-16)22(26)27-3/h4-11H,12-14H2,1-3H3. The van der Waals surface area contributed by atoms with Crippen LogP contribution in [0.1, 0.15) is 32.7 Å². The van der Waals surface area contributed by atoms with Crippen LogP contribution in [-0.4, -0.2) is 34.8 Å². The molecule has 1 aliphatic rings. The third-order valence-electron chi connectivity index (χ3n) is 5.06. The molecular formula is C22H23N3O2. The van der Waals surface area contributed by atoms with Gasteiger partial charge in [0.1, 0.15) is 0 Å². The van der Waals surface area contributed by atoms with E-state index in [0.29, 0.717) is 12.1 Å². The minimum Gasteiger partial charge on any atom is -0.465 e. The molecule has 0 unspecified atom stereocenters. The van der Waals surface area contributed by atoms with Crippen LogP contribution in [-0.2, 0) is 24.4 Å². The van der Waals surface area contributed by atoms with Crippen LogP contribution in [0.25, 0.3) is 11.3 Å². The van der Waals surface area contributed by atoms with Crippen molar-refractivity contribution in [3.8, 4) is 11.3 Å². The average molecular weight is 361 g/mol. The third-order valence-corrected chi connectivity index (χ3v) is 5.06. The summed E-state index contributed by atoms with van der Waals surface area (Å²) in [5.74, 6) is -0.319. The number of carbonyl (C=O) groups is 1. The van der Waals surface area contributed by atoms with Gasteiger partial charge in [-0.2, -0.15) is 5.10 Å². The zero-order valence-electron chi connectivity index (χ0n) is 15.9. The van der Waals surface area contributed by atoms with Crippen molar-refractivity contribution >= 4 is 5.97 Å². The molecule has 0 amide bonds. The molecule has 5 nitrogen and oxygen atoms in total. The molecule has 3 aromatic rings. The molecule has 27 heavy (non-hydrogen) atoms. The van der Waals surface area contributed by atoms with Crippen LogP contribution in [0.2, 0.25) is 0 Å². The fourth-order valence-corrected chi connectivity index (χ4v) is 3.77. The highest BCUT2D eigenvalue weighted by molar-refractivity contribution is 5.89. The van der Waals surface area contributed by atoms with Crippen LogP contribution in [0.4, 0.5) is 0 Å². The van der Waals surface area contributed by atoms with Gasteiger partial charge in [0, 0.05) is 24.2 Å². The van der Waals surface area contributed by atoms with E-state index < -0.39 is 0 Å². The molecule has 0 bridgehead atoms. The summed E-state index contributed by atoms with van der Waals surface area (Å²) in [5.41, 5.74) is 7.66. The second kappa shape index (κ2) is 7.00. The lowest BCUT2D eigenvalue weighted by atomic mass is 10.0. The Kier molecular flexibility index (Phi) is 4.54. The van der Waals surface area contributed by atoms with E-state index in [1.54, 1.807) is 6.07 Å². The summed E-state index contributed by atoms with van der Waals surface area (Å²) in [5, 5.41) is 4.91. The van der Waals surface area contributed by atoms with Crippen LogP contribution < -0.4 is 0 Å². The quantitative estimate of drug-likeness (QED) is 0.666. The number of esters is 1. The molecule has 5 heteroatoms. The Morgan fingerprint density at radius 1 is 1.15 bits per heavy atom. The van der Waals surface area contributed by atoms with Gasteiger partial charge in [0.25, 0.3) is 0 Å². The second-order valence-electron chi connectivity index (χ2n) is 7.11. The van der Waals surface area contributed by atoms with Gasteiger partial charge in [-0.3, -0.25) is 9.58 Å². The summed E-state index contributed by atoms with van der Waals surface area (Å²) in [6.45, 7) is 4.52. The fraction of sp³-hybridized carbons (Fsp3) is 0.273. The monoisotopic (exact) mass is 361 g/mol. The maximum atomic E-state index is 11.9. The van der Waals surface area contributed by atoms with Gasteiger partial charge in [-0.25, -0.2) is 4.79 Å². The van der Waals surface area contributed by atoms with E-state index >= 15 is 0 Å². The first kappa shape index (κ1) is 17.5. The lowest BCUT2D eigenvalue weighted by Gasteiger charge is -2.14. The largest absolute Gasteiger partial charge is 0.465 e. The zero-order chi connectivity index (χ0) is 19.0. The molecule has 0 N–H and O–H groups in total. The number of methoxy groups -OCH3 is 1. The van der Waals surface area contributed by atoms with Crippen LogP contribution in [0, 0.1) is 6.92 Å². The number of carbonyl (C=O) groups excluding carboxylic acids is 1. The molecule has 2 aromatic carbocycles. The number of hydrogen-bond acceptors (Lipinski definition) is 4. The summed E-state index contributed by atoms with van der Waals surface area (Å²) in [7, 11) is 3.52. The molecular weight excluding hydrogens is 338 g/mol. The van der Waals surface area contributed by atoms with E-state index in [-0.39, 0.29) is 5.97 Å². The minimum atomic E-state index is -0.319. The van der Waals surface area contributed by atoms with E-state index in [2.05, 4.69) is 47.8 Å². The SMILES string of the molecule is COC(=O)c1cccc(Cn2nc3c(c2-c2ccccc2C)CN(C)C3)c1. The lowest BCUT2D eigenvalue weighted by molar-refractivity contribution is 0.0600. The first-order valence-electron chi connectivity index (χ1n) is 9.07. The predicted molar refractivity (Wildman–Crippen MR) is 104 cm³/mol. The predicted octanol–water partition coefficient (Wildman–Crippen LogP) is 3.64. The number of rotatable bonds is 4. The molecule has 1 aliphatic heterocycles. The molecule has 0 saturated heterocycles. The van der Waals surface area contributed by atoms with Gasteiger partial charge in [-0.1, -0.05) is 36.4 Å². The third kappa shape index (κ3) is 3.26. The molecule has 2 heterocycles. The second-order valence-corrected chi connectivity index (χ2v) is 7.11. The Morgan fingerprint density at radius 3 is 2.74 bits per heavy atom. The minimum absolute atomic E-state index is 0.319. The fourth-order valence-electron chi connectivity index (χ4n) is 3.77. The van der Waals surface area contributed by atoms with Gasteiger partial charge in [0.05, 0.1) is 30.6 Å². The summed E-state index contributed by atoms with van der Waals surface area (Å²) < 4.78 is 6.92. The van der Waals surface area contributed by atoms with Crippen LogP contribution in [0.3, 0.4) is 0 Å². The van der Waals surface area contributed by atoms with E-state index in [4.69, 9.17) is 9.84 Å². The molecule has 0 radical (unpaired) electrons. The van der Waals surface area contributed by atoms with Crippen LogP contribution in [0.15, 0.2) is 48.5 Å². The molecule has 138 valence electrons. The van der Waals surface area contributed by atoms with E-state index in [0.717, 1.165) is 24.3 Å². The number of benzene rings is 2. The number of aromatic nitrogens is 2. The zero-order valence-corrected chi connectivity index (χ0v) is 15.9. The van der Waals surface area contributed by atoms with Crippen molar-refractivity contribution < 1.29 is 9.53 Å². The number of ether oxygens (including phenoxy) is 1. The summed E-state index contributed by atoms with van der Waals surface area (Å²) in [6.07, 6.45) is 0. The smallest absolute Gasteiger partial charge is 0.337 e. The average Bonchev–Trinajstić information content (AvgIpc) is 3.17. The number of hydrogen-bond donors (Lipinski definition) is 0. The van der Waals surface area contributed by atoms with Gasteiger partial charge in [-0.15, -0.1) is 0 Å². The van der Waals surface area contributed by atoms with Gasteiger partial charge in [0.15, 0.2) is 0 Å². The van der Waals surface area contributed by atoms with Crippen molar-refractivity contribution in [2.45, 2.75) is 26.6 Å². The highest BCUT2D eigenvalue weighted by Gasteiger charge is 2.26. The molecule has 0 atom stereocenters. The van der Waals surface area contributed by atoms with Crippen molar-refractivity contribution in [3.63, 3.8) is 0 Å². The summed E-state index contributed by atoms with van der Waals surface area (Å²) in [4.78, 5) is 14.1. The Morgan fingerprint density at radius 2 is 1.96 bits per heavy atom. The lowest BCUT2D eigenvalue weighted by Crippen LogP contribution is -2.13. The molecule has 0 spiro atoms. The van der Waals surface area contributed by atoms with Gasteiger partial charge in [0.2, 0.25) is 0 Å². The molecule has 0 aliphatic carbocycles. The normalized spacial score (nSPS) is 13.6. The summed E-state index contributed by atoms with van der Waals surface area (Å²) in [6, 6.07) is 16.0. The van der Waals surface area contributed by atoms with E-state index in [1.807, 2.05) is 18.2 Å². The van der Waals surface area contributed by atoms with Crippen LogP contribution >= 0.6 is 0 Å². The first-order valence-corrected chi connectivity index (χ1v) is 9.07. The Hall–Kier alpha value is -2.92. The van der Waals surface area contributed by atoms with Crippen molar-refractivity contribution in [1.82, 2.24) is 14.7 Å². The van der Waals surface area contributed by atoms with Crippen molar-refractivity contribution in [2.75, 3.05) is 14.2 Å². The van der Waals surface area contributed by atoms with E-state index in [1.165, 1.54) is 29.5 Å².